The van der Waals surface area contributed by atoms with Crippen LogP contribution in [0.25, 0.3) is 0 Å². The number of carbonyl (C=O) groups excluding carboxylic acids is 1. The second-order valence-electron chi connectivity index (χ2n) is 5.11. The van der Waals surface area contributed by atoms with E-state index in [9.17, 15) is 13.6 Å². The molecule has 2 rings (SSSR count). The van der Waals surface area contributed by atoms with Crippen LogP contribution >= 0.6 is 0 Å². The number of nitriles is 1. The number of nitrogens with one attached hydrogen (secondary N) is 1. The van der Waals surface area contributed by atoms with E-state index in [4.69, 9.17) is 5.26 Å². The summed E-state index contributed by atoms with van der Waals surface area (Å²) in [5.41, 5.74) is 1.43. The molecule has 0 spiro atoms. The number of rotatable bonds is 5. The average Bonchev–Trinajstić information content (AvgIpc) is 2.55. The van der Waals surface area contributed by atoms with E-state index in [1.54, 1.807) is 36.5 Å². The molecule has 0 aliphatic rings. The van der Waals surface area contributed by atoms with Crippen LogP contribution in [0.3, 0.4) is 0 Å². The van der Waals surface area contributed by atoms with E-state index in [1.165, 1.54) is 6.07 Å². The van der Waals surface area contributed by atoms with Gasteiger partial charge in [-0.25, -0.2) is 8.78 Å². The first-order valence-corrected chi connectivity index (χ1v) is 7.08. The third-order valence-electron chi connectivity index (χ3n) is 3.45. The number of benzene rings is 2. The van der Waals surface area contributed by atoms with Gasteiger partial charge in [-0.1, -0.05) is 12.1 Å². The maximum atomic E-state index is 13.2. The Morgan fingerprint density at radius 2 is 2.00 bits per heavy atom. The quantitative estimate of drug-likeness (QED) is 0.887. The third-order valence-corrected chi connectivity index (χ3v) is 3.45. The fourth-order valence-corrected chi connectivity index (χ4v) is 2.11. The van der Waals surface area contributed by atoms with Crippen molar-refractivity contribution < 1.29 is 18.9 Å². The van der Waals surface area contributed by atoms with Crippen molar-refractivity contribution in [1.29, 1.82) is 5.26 Å². The molecule has 0 saturated heterocycles. The highest BCUT2D eigenvalue weighted by molar-refractivity contribution is 5.92. The summed E-state index contributed by atoms with van der Waals surface area (Å²) in [4.78, 5) is 12.0. The van der Waals surface area contributed by atoms with Gasteiger partial charge in [0.1, 0.15) is 12.1 Å². The number of halogens is 2. The standard InChI is InChI=1S/C17H15F2N3O/c1-11(12-6-7-14(18)15(19)8-12)21-10-17(23)22-16-5-3-2-4-13(16)9-20/h2-8,11,21H,10H2,1H3,(H,22,23)/p+1/t11-/m0/s1. The van der Waals surface area contributed by atoms with Crippen molar-refractivity contribution in [2.75, 3.05) is 11.9 Å². The molecule has 0 aromatic heterocycles. The molecule has 0 fully saturated rings. The Bertz CT molecular complexity index is 756. The Kier molecular flexibility index (Phi) is 5.39. The fraction of sp³-hybridized carbons (Fsp3) is 0.176. The van der Waals surface area contributed by atoms with Crippen molar-refractivity contribution in [3.8, 4) is 6.07 Å². The summed E-state index contributed by atoms with van der Waals surface area (Å²) >= 11 is 0. The van der Waals surface area contributed by atoms with Gasteiger partial charge in [0.05, 0.1) is 11.3 Å². The van der Waals surface area contributed by atoms with Crippen LogP contribution in [-0.2, 0) is 4.79 Å². The fourth-order valence-electron chi connectivity index (χ4n) is 2.11. The molecule has 1 amide bonds. The Morgan fingerprint density at radius 3 is 2.70 bits per heavy atom. The molecular weight excluding hydrogens is 300 g/mol. The Labute approximate surface area is 132 Å². The number of hydrogen-bond acceptors (Lipinski definition) is 2. The van der Waals surface area contributed by atoms with Gasteiger partial charge in [-0.2, -0.15) is 5.26 Å². The summed E-state index contributed by atoms with van der Waals surface area (Å²) in [6.07, 6.45) is 0. The van der Waals surface area contributed by atoms with Crippen LogP contribution in [0.4, 0.5) is 14.5 Å². The summed E-state index contributed by atoms with van der Waals surface area (Å²) in [5, 5.41) is 13.3. The molecule has 23 heavy (non-hydrogen) atoms. The van der Waals surface area contributed by atoms with E-state index >= 15 is 0 Å². The van der Waals surface area contributed by atoms with Crippen molar-refractivity contribution in [2.45, 2.75) is 13.0 Å². The van der Waals surface area contributed by atoms with Crippen LogP contribution in [0, 0.1) is 23.0 Å². The number of anilines is 1. The van der Waals surface area contributed by atoms with Crippen LogP contribution in [-0.4, -0.2) is 12.5 Å². The van der Waals surface area contributed by atoms with E-state index in [0.717, 1.165) is 12.1 Å². The lowest BCUT2D eigenvalue weighted by Gasteiger charge is -2.12. The maximum Gasteiger partial charge on any atom is 0.279 e. The number of carbonyl (C=O) groups is 1. The molecule has 0 radical (unpaired) electrons. The van der Waals surface area contributed by atoms with E-state index in [0.29, 0.717) is 16.8 Å². The molecule has 0 aliphatic carbocycles. The summed E-state index contributed by atoms with van der Waals surface area (Å²) in [6, 6.07) is 12.2. The second-order valence-corrected chi connectivity index (χ2v) is 5.11. The number of hydrogen-bond donors (Lipinski definition) is 2. The Balaban J connectivity index is 1.93. The predicted molar refractivity (Wildman–Crippen MR) is 81.4 cm³/mol. The van der Waals surface area contributed by atoms with Gasteiger partial charge in [-0.05, 0) is 37.3 Å². The SMILES string of the molecule is C[C@H]([NH2+]CC(=O)Nc1ccccc1C#N)c1ccc(F)c(F)c1. The van der Waals surface area contributed by atoms with Gasteiger partial charge in [0.2, 0.25) is 0 Å². The lowest BCUT2D eigenvalue weighted by molar-refractivity contribution is -0.682. The highest BCUT2D eigenvalue weighted by Gasteiger charge is 2.14. The number of amides is 1. The van der Waals surface area contributed by atoms with Crippen molar-refractivity contribution in [2.24, 2.45) is 0 Å². The van der Waals surface area contributed by atoms with Crippen LogP contribution in [0.15, 0.2) is 42.5 Å². The van der Waals surface area contributed by atoms with Crippen molar-refractivity contribution >= 4 is 11.6 Å². The molecule has 118 valence electrons. The molecule has 2 aromatic rings. The second kappa shape index (κ2) is 7.47. The zero-order valence-electron chi connectivity index (χ0n) is 12.5. The molecule has 0 aliphatic heterocycles. The first-order valence-electron chi connectivity index (χ1n) is 7.08. The summed E-state index contributed by atoms with van der Waals surface area (Å²) in [7, 11) is 0. The Morgan fingerprint density at radius 1 is 1.26 bits per heavy atom. The first-order chi connectivity index (χ1) is 11.0. The zero-order valence-corrected chi connectivity index (χ0v) is 12.5. The first kappa shape index (κ1) is 16.6. The maximum absolute atomic E-state index is 13.2. The topological polar surface area (TPSA) is 69.5 Å². The van der Waals surface area contributed by atoms with Crippen LogP contribution < -0.4 is 10.6 Å². The van der Waals surface area contributed by atoms with Gasteiger partial charge >= 0.3 is 0 Å². The number of nitrogens with zero attached hydrogens (tertiary/aromatic N) is 1. The molecule has 0 unspecified atom stereocenters. The summed E-state index contributed by atoms with van der Waals surface area (Å²) in [6.45, 7) is 1.89. The molecule has 2 aromatic carbocycles. The molecule has 0 heterocycles. The van der Waals surface area contributed by atoms with Crippen molar-refractivity contribution in [1.82, 2.24) is 0 Å². The lowest BCUT2D eigenvalue weighted by atomic mass is 10.1. The molecule has 4 nitrogen and oxygen atoms in total. The van der Waals surface area contributed by atoms with Gasteiger partial charge in [-0.3, -0.25) is 4.79 Å². The van der Waals surface area contributed by atoms with E-state index in [1.807, 2.05) is 6.07 Å². The highest BCUT2D eigenvalue weighted by atomic mass is 19.2. The minimum atomic E-state index is -0.907. The van der Waals surface area contributed by atoms with Gasteiger partial charge in [0.15, 0.2) is 18.2 Å². The van der Waals surface area contributed by atoms with Crippen molar-refractivity contribution in [3.05, 3.63) is 65.2 Å². The highest BCUT2D eigenvalue weighted by Crippen LogP contribution is 2.14. The Hall–Kier alpha value is -2.78. The molecule has 0 saturated carbocycles. The van der Waals surface area contributed by atoms with Gasteiger partial charge in [0.25, 0.3) is 5.91 Å². The van der Waals surface area contributed by atoms with Gasteiger partial charge in [0, 0.05) is 5.56 Å². The average molecular weight is 316 g/mol. The van der Waals surface area contributed by atoms with E-state index in [2.05, 4.69) is 5.32 Å². The van der Waals surface area contributed by atoms with E-state index in [-0.39, 0.29) is 18.5 Å². The predicted octanol–water partition coefficient (Wildman–Crippen LogP) is 2.10. The minimum Gasteiger partial charge on any atom is -0.333 e. The summed E-state index contributed by atoms with van der Waals surface area (Å²) < 4.78 is 26.1. The minimum absolute atomic E-state index is 0.0971. The van der Waals surface area contributed by atoms with Crippen LogP contribution in [0.2, 0.25) is 0 Å². The monoisotopic (exact) mass is 316 g/mol. The molecule has 0 bridgehead atoms. The largest absolute Gasteiger partial charge is 0.333 e. The zero-order chi connectivity index (χ0) is 16.8. The van der Waals surface area contributed by atoms with Gasteiger partial charge < -0.3 is 10.6 Å². The van der Waals surface area contributed by atoms with Gasteiger partial charge in [-0.15, -0.1) is 0 Å². The van der Waals surface area contributed by atoms with E-state index < -0.39 is 11.6 Å². The molecule has 1 atom stereocenters. The van der Waals surface area contributed by atoms with Crippen LogP contribution in [0.1, 0.15) is 24.1 Å². The number of quaternary nitrogens is 1. The summed E-state index contributed by atoms with van der Waals surface area (Å²) in [5.74, 6) is -2.08. The molecule has 6 heteroatoms. The molecule has 3 N–H and O–H groups in total. The lowest BCUT2D eigenvalue weighted by Crippen LogP contribution is -2.86. The van der Waals surface area contributed by atoms with Crippen molar-refractivity contribution in [3.63, 3.8) is 0 Å². The third kappa shape index (κ3) is 4.34. The number of para-hydroxylation sites is 1. The number of nitrogens with two attached hydrogens (primary N) is 1. The smallest absolute Gasteiger partial charge is 0.279 e. The normalized spacial score (nSPS) is 11.6. The molecular formula is C17H16F2N3O+. The van der Waals surface area contributed by atoms with Crippen LogP contribution in [0.5, 0.6) is 0 Å².